The summed E-state index contributed by atoms with van der Waals surface area (Å²) in [6.07, 6.45) is 6.07. The fourth-order valence-corrected chi connectivity index (χ4v) is 2.03. The van der Waals surface area contributed by atoms with Crippen LogP contribution in [0, 0.1) is 16.7 Å². The van der Waals surface area contributed by atoms with Crippen LogP contribution in [-0.4, -0.2) is 12.8 Å². The lowest BCUT2D eigenvalue weighted by atomic mass is 10.0. The first kappa shape index (κ1) is 9.36. The maximum atomic E-state index is 10.2. The molecule has 0 heterocycles. The number of carbonyl (C=O) groups excluding carboxylic acids is 1. The minimum atomic E-state index is 0.443. The molecular formula is C9H15NO2. The number of hydrogen-bond donors (Lipinski definition) is 0. The molecule has 0 radical (unpaired) electrons. The highest BCUT2D eigenvalue weighted by Crippen LogP contribution is 2.34. The molecule has 0 aromatic carbocycles. The van der Waals surface area contributed by atoms with E-state index in [0.29, 0.717) is 24.8 Å². The van der Waals surface area contributed by atoms with Crippen LogP contribution in [0.2, 0.25) is 0 Å². The van der Waals surface area contributed by atoms with Gasteiger partial charge < -0.3 is 4.79 Å². The summed E-state index contributed by atoms with van der Waals surface area (Å²) in [7, 11) is 0. The molecule has 0 spiro atoms. The molecule has 1 fully saturated rings. The molecule has 0 bridgehead atoms. The monoisotopic (exact) mass is 169 g/mol. The van der Waals surface area contributed by atoms with E-state index in [1.807, 2.05) is 0 Å². The zero-order chi connectivity index (χ0) is 8.81. The Hall–Kier alpha value is -0.730. The first-order valence-corrected chi connectivity index (χ1v) is 4.59. The minimum absolute atomic E-state index is 0.443. The number of hydrogen-bond acceptors (Lipinski definition) is 3. The smallest absolute Gasteiger partial charge is 0.120 e. The van der Waals surface area contributed by atoms with E-state index in [1.54, 1.807) is 0 Å². The number of nitrogens with zero attached hydrogens (tertiary/aromatic N) is 1. The molecule has 68 valence electrons. The second-order valence-corrected chi connectivity index (χ2v) is 3.59. The fraction of sp³-hybridized carbons (Fsp3) is 0.889. The summed E-state index contributed by atoms with van der Waals surface area (Å²) in [5.74, 6) is 1.23. The predicted molar refractivity (Wildman–Crippen MR) is 46.8 cm³/mol. The molecule has 1 rings (SSSR count). The molecule has 0 aromatic heterocycles. The third-order valence-corrected chi connectivity index (χ3v) is 2.71. The first-order chi connectivity index (χ1) is 5.86. The molecule has 0 saturated heterocycles. The Bertz CT molecular complexity index is 159. The van der Waals surface area contributed by atoms with Crippen LogP contribution in [0.4, 0.5) is 0 Å². The van der Waals surface area contributed by atoms with E-state index in [-0.39, 0.29) is 0 Å². The van der Waals surface area contributed by atoms with E-state index >= 15 is 0 Å². The highest BCUT2D eigenvalue weighted by atomic mass is 16.3. The van der Waals surface area contributed by atoms with Crippen molar-refractivity contribution in [2.45, 2.75) is 32.1 Å². The lowest BCUT2D eigenvalue weighted by Gasteiger charge is -2.05. The number of nitroso groups, excluding NO2 is 1. The van der Waals surface area contributed by atoms with E-state index in [4.69, 9.17) is 0 Å². The second-order valence-electron chi connectivity index (χ2n) is 3.59. The second kappa shape index (κ2) is 5.01. The Balaban J connectivity index is 2.16. The van der Waals surface area contributed by atoms with Gasteiger partial charge in [0.2, 0.25) is 0 Å². The van der Waals surface area contributed by atoms with Crippen LogP contribution >= 0.6 is 0 Å². The van der Waals surface area contributed by atoms with Gasteiger partial charge in [-0.25, -0.2) is 0 Å². The number of rotatable bonds is 5. The number of aldehydes is 1. The standard InChI is InChI=1S/C9H15NO2/c11-6-4-9-2-1-8(7-9)3-5-10-12/h6,8-9H,1-5,7H2. The summed E-state index contributed by atoms with van der Waals surface area (Å²) in [6.45, 7) is 0.443. The summed E-state index contributed by atoms with van der Waals surface area (Å²) in [4.78, 5) is 20.1. The van der Waals surface area contributed by atoms with Crippen molar-refractivity contribution in [2.24, 2.45) is 17.0 Å². The molecule has 2 atom stereocenters. The van der Waals surface area contributed by atoms with Gasteiger partial charge in [0, 0.05) is 6.42 Å². The lowest BCUT2D eigenvalue weighted by Crippen LogP contribution is -1.98. The molecule has 0 aliphatic heterocycles. The van der Waals surface area contributed by atoms with Crippen molar-refractivity contribution in [1.82, 2.24) is 0 Å². The zero-order valence-corrected chi connectivity index (χ0v) is 7.24. The van der Waals surface area contributed by atoms with Gasteiger partial charge in [-0.1, -0.05) is 11.6 Å². The lowest BCUT2D eigenvalue weighted by molar-refractivity contribution is -0.108. The van der Waals surface area contributed by atoms with Gasteiger partial charge in [0.05, 0.1) is 6.54 Å². The summed E-state index contributed by atoms with van der Waals surface area (Å²) in [6, 6.07) is 0. The molecule has 12 heavy (non-hydrogen) atoms. The summed E-state index contributed by atoms with van der Waals surface area (Å²) < 4.78 is 0. The predicted octanol–water partition coefficient (Wildman–Crippen LogP) is 2.15. The average molecular weight is 169 g/mol. The summed E-state index contributed by atoms with van der Waals surface area (Å²) >= 11 is 0. The topological polar surface area (TPSA) is 46.5 Å². The molecule has 3 heteroatoms. The SMILES string of the molecule is O=CCC1CCC(CCN=O)C1. The van der Waals surface area contributed by atoms with E-state index in [1.165, 1.54) is 6.42 Å². The average Bonchev–Trinajstić information content (AvgIpc) is 2.50. The van der Waals surface area contributed by atoms with Gasteiger partial charge >= 0.3 is 0 Å². The van der Waals surface area contributed by atoms with Crippen LogP contribution in [0.3, 0.4) is 0 Å². The van der Waals surface area contributed by atoms with Gasteiger partial charge in [0.15, 0.2) is 0 Å². The van der Waals surface area contributed by atoms with Crippen molar-refractivity contribution < 1.29 is 4.79 Å². The normalized spacial score (nSPS) is 28.7. The molecule has 1 saturated carbocycles. The van der Waals surface area contributed by atoms with Crippen LogP contribution in [0.1, 0.15) is 32.1 Å². The third kappa shape index (κ3) is 2.72. The van der Waals surface area contributed by atoms with E-state index in [0.717, 1.165) is 25.5 Å². The Morgan fingerprint density at radius 2 is 2.08 bits per heavy atom. The van der Waals surface area contributed by atoms with Crippen molar-refractivity contribution in [3.05, 3.63) is 4.91 Å². The summed E-state index contributed by atoms with van der Waals surface area (Å²) in [5.41, 5.74) is 0. The van der Waals surface area contributed by atoms with E-state index in [9.17, 15) is 9.70 Å². The van der Waals surface area contributed by atoms with Gasteiger partial charge in [0.1, 0.15) is 6.29 Å². The fourth-order valence-electron chi connectivity index (χ4n) is 2.03. The van der Waals surface area contributed by atoms with Crippen molar-refractivity contribution in [3.63, 3.8) is 0 Å². The van der Waals surface area contributed by atoms with Gasteiger partial charge in [-0.2, -0.15) is 4.91 Å². The van der Waals surface area contributed by atoms with Crippen LogP contribution in [-0.2, 0) is 4.79 Å². The van der Waals surface area contributed by atoms with Crippen LogP contribution in [0.15, 0.2) is 5.18 Å². The van der Waals surface area contributed by atoms with Crippen molar-refractivity contribution in [1.29, 1.82) is 0 Å². The van der Waals surface area contributed by atoms with Crippen molar-refractivity contribution >= 4 is 6.29 Å². The zero-order valence-electron chi connectivity index (χ0n) is 7.24. The molecule has 2 unspecified atom stereocenters. The Kier molecular flexibility index (Phi) is 3.91. The van der Waals surface area contributed by atoms with Crippen LogP contribution in [0.25, 0.3) is 0 Å². The Morgan fingerprint density at radius 3 is 2.75 bits per heavy atom. The van der Waals surface area contributed by atoms with E-state index in [2.05, 4.69) is 5.18 Å². The van der Waals surface area contributed by atoms with Crippen molar-refractivity contribution in [2.75, 3.05) is 6.54 Å². The van der Waals surface area contributed by atoms with Gasteiger partial charge in [-0.3, -0.25) is 0 Å². The van der Waals surface area contributed by atoms with Gasteiger partial charge in [-0.05, 0) is 31.1 Å². The van der Waals surface area contributed by atoms with Gasteiger partial charge in [0.25, 0.3) is 0 Å². The maximum absolute atomic E-state index is 10.2. The van der Waals surface area contributed by atoms with Gasteiger partial charge in [-0.15, -0.1) is 0 Å². The molecule has 3 nitrogen and oxygen atoms in total. The number of carbonyl (C=O) groups is 1. The van der Waals surface area contributed by atoms with Crippen LogP contribution < -0.4 is 0 Å². The molecule has 0 N–H and O–H groups in total. The Morgan fingerprint density at radius 1 is 1.33 bits per heavy atom. The summed E-state index contributed by atoms with van der Waals surface area (Å²) in [5, 5.41) is 2.85. The Labute approximate surface area is 72.5 Å². The quantitative estimate of drug-likeness (QED) is 0.467. The van der Waals surface area contributed by atoms with E-state index < -0.39 is 0 Å². The molecule has 1 aliphatic rings. The highest BCUT2D eigenvalue weighted by Gasteiger charge is 2.23. The maximum Gasteiger partial charge on any atom is 0.120 e. The first-order valence-electron chi connectivity index (χ1n) is 4.59. The molecule has 1 aliphatic carbocycles. The van der Waals surface area contributed by atoms with Crippen molar-refractivity contribution in [3.8, 4) is 0 Å². The highest BCUT2D eigenvalue weighted by molar-refractivity contribution is 5.49. The largest absolute Gasteiger partial charge is 0.303 e. The molecular weight excluding hydrogens is 154 g/mol. The third-order valence-electron chi connectivity index (χ3n) is 2.71. The molecule has 0 aromatic rings. The molecule has 0 amide bonds. The minimum Gasteiger partial charge on any atom is -0.303 e. The van der Waals surface area contributed by atoms with Crippen LogP contribution in [0.5, 0.6) is 0 Å².